The molecule has 1 aromatic heterocycles. The Morgan fingerprint density at radius 3 is 2.06 bits per heavy atom. The van der Waals surface area contributed by atoms with Crippen molar-refractivity contribution >= 4 is 17.6 Å². The Bertz CT molecular complexity index is 1010. The molecule has 3 amide bonds. The average Bonchev–Trinajstić information content (AvgIpc) is 3.17. The molecule has 1 heterocycles. The van der Waals surface area contributed by atoms with Crippen molar-refractivity contribution in [2.75, 3.05) is 18.4 Å². The molecule has 0 saturated carbocycles. The Morgan fingerprint density at radius 2 is 1.61 bits per heavy atom. The number of unbranched alkanes of at least 4 members (excludes halogenated alkanes) is 1. The van der Waals surface area contributed by atoms with Crippen LogP contribution >= 0.6 is 0 Å². The van der Waals surface area contributed by atoms with Crippen molar-refractivity contribution in [2.45, 2.75) is 58.6 Å². The Balaban J connectivity index is 2.27. The summed E-state index contributed by atoms with van der Waals surface area (Å²) < 4.78 is 80.8. The maximum Gasteiger partial charge on any atom is 0.416 e. The highest BCUT2D eigenvalue weighted by Gasteiger charge is 2.37. The largest absolute Gasteiger partial charge is 0.416 e. The van der Waals surface area contributed by atoms with E-state index in [4.69, 9.17) is 0 Å². The smallest absolute Gasteiger partial charge is 0.353 e. The maximum absolute atomic E-state index is 13.2. The fourth-order valence-corrected chi connectivity index (χ4v) is 3.45. The Kier molecular flexibility index (Phi) is 9.44. The molecular formula is C24H30F6N4O2. The van der Waals surface area contributed by atoms with E-state index in [0.717, 1.165) is 17.0 Å². The molecular weight excluding hydrogens is 490 g/mol. The molecule has 1 aromatic carbocycles. The second-order valence-corrected chi connectivity index (χ2v) is 8.73. The van der Waals surface area contributed by atoms with Crippen molar-refractivity contribution < 1.29 is 35.9 Å². The number of nitrogens with zero attached hydrogens (tertiary/aromatic N) is 3. The van der Waals surface area contributed by atoms with E-state index in [1.807, 2.05) is 36.9 Å². The lowest BCUT2D eigenvalue weighted by Gasteiger charge is -2.30. The first kappa shape index (κ1) is 29.1. The third-order valence-electron chi connectivity index (χ3n) is 5.57. The fraction of sp³-hybridized carbons (Fsp3) is 0.500. The van der Waals surface area contributed by atoms with Gasteiger partial charge >= 0.3 is 18.4 Å². The van der Waals surface area contributed by atoms with E-state index in [9.17, 15) is 35.9 Å². The minimum absolute atomic E-state index is 0.0193. The van der Waals surface area contributed by atoms with Gasteiger partial charge in [0.15, 0.2) is 0 Å². The Morgan fingerprint density at radius 1 is 1.03 bits per heavy atom. The summed E-state index contributed by atoms with van der Waals surface area (Å²) >= 11 is 0. The summed E-state index contributed by atoms with van der Waals surface area (Å²) in [6.45, 7) is 5.46. The molecule has 2 rings (SSSR count). The number of anilines is 1. The Hall–Kier alpha value is -3.18. The van der Waals surface area contributed by atoms with Gasteiger partial charge in [-0.3, -0.25) is 4.79 Å². The molecule has 0 aliphatic carbocycles. The number of alkyl halides is 6. The molecule has 0 radical (unpaired) electrons. The summed E-state index contributed by atoms with van der Waals surface area (Å²) in [5.41, 5.74) is -2.91. The van der Waals surface area contributed by atoms with Crippen LogP contribution in [0.15, 0.2) is 36.5 Å². The molecule has 0 atom stereocenters. The predicted molar refractivity (Wildman–Crippen MR) is 123 cm³/mol. The van der Waals surface area contributed by atoms with Crippen molar-refractivity contribution in [1.29, 1.82) is 0 Å². The highest BCUT2D eigenvalue weighted by atomic mass is 19.4. The van der Waals surface area contributed by atoms with Crippen LogP contribution in [0.5, 0.6) is 0 Å². The van der Waals surface area contributed by atoms with Gasteiger partial charge in [-0.05, 0) is 50.6 Å². The quantitative estimate of drug-likeness (QED) is 0.404. The van der Waals surface area contributed by atoms with Gasteiger partial charge in [-0.1, -0.05) is 13.3 Å². The normalized spacial score (nSPS) is 12.1. The van der Waals surface area contributed by atoms with Crippen molar-refractivity contribution in [3.63, 3.8) is 0 Å². The van der Waals surface area contributed by atoms with Crippen molar-refractivity contribution in [3.8, 4) is 0 Å². The van der Waals surface area contributed by atoms with Gasteiger partial charge in [0.05, 0.1) is 17.7 Å². The molecule has 36 heavy (non-hydrogen) atoms. The van der Waals surface area contributed by atoms with Gasteiger partial charge in [0, 0.05) is 37.2 Å². The van der Waals surface area contributed by atoms with Gasteiger partial charge in [0.25, 0.3) is 0 Å². The number of benzene rings is 1. The number of amides is 3. The standard InChI is InChI=1S/C24H30F6N4O2/c1-5-6-10-33(14-20-8-7-9-32(20)4)21(35)15-34(16(2)3)22(36)31-19-12-17(23(25,26)27)11-18(13-19)24(28,29)30/h7-9,11-13,16H,5-6,10,14-15H2,1-4H3,(H,31,36). The van der Waals surface area contributed by atoms with Crippen LogP contribution in [-0.4, -0.2) is 45.4 Å². The first-order valence-corrected chi connectivity index (χ1v) is 11.4. The van der Waals surface area contributed by atoms with Crippen LogP contribution in [0.4, 0.5) is 36.8 Å². The van der Waals surface area contributed by atoms with E-state index >= 15 is 0 Å². The van der Waals surface area contributed by atoms with Crippen LogP contribution in [0.2, 0.25) is 0 Å². The number of carbonyl (C=O) groups is 2. The first-order valence-electron chi connectivity index (χ1n) is 11.4. The predicted octanol–water partition coefficient (Wildman–Crippen LogP) is 6.13. The van der Waals surface area contributed by atoms with Crippen LogP contribution in [0, 0.1) is 0 Å². The highest BCUT2D eigenvalue weighted by Crippen LogP contribution is 2.37. The maximum atomic E-state index is 13.2. The second-order valence-electron chi connectivity index (χ2n) is 8.73. The summed E-state index contributed by atoms with van der Waals surface area (Å²) in [5.74, 6) is -0.395. The van der Waals surface area contributed by atoms with Gasteiger partial charge in [-0.15, -0.1) is 0 Å². The minimum Gasteiger partial charge on any atom is -0.353 e. The van der Waals surface area contributed by atoms with Crippen molar-refractivity contribution in [3.05, 3.63) is 53.3 Å². The summed E-state index contributed by atoms with van der Waals surface area (Å²) in [6.07, 6.45) is -6.73. The number of urea groups is 1. The van der Waals surface area contributed by atoms with E-state index in [-0.39, 0.29) is 6.07 Å². The Labute approximate surface area is 205 Å². The molecule has 0 aliphatic rings. The third kappa shape index (κ3) is 7.92. The molecule has 2 aromatic rings. The van der Waals surface area contributed by atoms with Gasteiger partial charge in [0.1, 0.15) is 6.54 Å². The lowest BCUT2D eigenvalue weighted by molar-refractivity contribution is -0.143. The summed E-state index contributed by atoms with van der Waals surface area (Å²) in [6, 6.07) is 2.97. The highest BCUT2D eigenvalue weighted by molar-refractivity contribution is 5.92. The molecule has 12 heteroatoms. The number of hydrogen-bond acceptors (Lipinski definition) is 2. The van der Waals surface area contributed by atoms with E-state index in [2.05, 4.69) is 5.32 Å². The second kappa shape index (κ2) is 11.7. The average molecular weight is 521 g/mol. The van der Waals surface area contributed by atoms with Gasteiger partial charge in [-0.25, -0.2) is 4.79 Å². The molecule has 0 bridgehead atoms. The SMILES string of the molecule is CCCCN(Cc1cccn1C)C(=O)CN(C(=O)Nc1cc(C(F)(F)F)cc(C(F)(F)F)c1)C(C)C. The molecule has 6 nitrogen and oxygen atoms in total. The first-order chi connectivity index (χ1) is 16.6. The third-order valence-corrected chi connectivity index (χ3v) is 5.57. The number of hydrogen-bond donors (Lipinski definition) is 1. The summed E-state index contributed by atoms with van der Waals surface area (Å²) in [4.78, 5) is 28.7. The fourth-order valence-electron chi connectivity index (χ4n) is 3.45. The lowest BCUT2D eigenvalue weighted by atomic mass is 10.1. The number of aryl methyl sites for hydroxylation is 1. The van der Waals surface area contributed by atoms with E-state index in [1.165, 1.54) is 0 Å². The molecule has 0 fully saturated rings. The summed E-state index contributed by atoms with van der Waals surface area (Å²) in [5, 5.41) is 2.10. The van der Waals surface area contributed by atoms with Crippen LogP contribution < -0.4 is 5.32 Å². The van der Waals surface area contributed by atoms with Crippen LogP contribution in [-0.2, 0) is 30.7 Å². The van der Waals surface area contributed by atoms with Gasteiger partial charge < -0.3 is 19.7 Å². The molecule has 0 unspecified atom stereocenters. The molecule has 0 aliphatic heterocycles. The number of nitrogens with one attached hydrogen (secondary N) is 1. The molecule has 1 N–H and O–H groups in total. The van der Waals surface area contributed by atoms with E-state index < -0.39 is 53.7 Å². The zero-order chi connectivity index (χ0) is 27.3. The zero-order valence-electron chi connectivity index (χ0n) is 20.5. The topological polar surface area (TPSA) is 57.6 Å². The molecule has 200 valence electrons. The number of carbonyl (C=O) groups excluding carboxylic acids is 2. The van der Waals surface area contributed by atoms with Crippen LogP contribution in [0.25, 0.3) is 0 Å². The van der Waals surface area contributed by atoms with E-state index in [1.54, 1.807) is 18.7 Å². The number of aromatic nitrogens is 1. The van der Waals surface area contributed by atoms with Crippen LogP contribution in [0.3, 0.4) is 0 Å². The monoisotopic (exact) mass is 520 g/mol. The van der Waals surface area contributed by atoms with Crippen LogP contribution in [0.1, 0.15) is 50.4 Å². The number of rotatable bonds is 9. The van der Waals surface area contributed by atoms with Crippen molar-refractivity contribution in [2.24, 2.45) is 7.05 Å². The summed E-state index contributed by atoms with van der Waals surface area (Å²) in [7, 11) is 1.83. The van der Waals surface area contributed by atoms with Gasteiger partial charge in [0.2, 0.25) is 5.91 Å². The van der Waals surface area contributed by atoms with E-state index in [0.29, 0.717) is 31.6 Å². The minimum atomic E-state index is -5.05. The molecule has 0 saturated heterocycles. The van der Waals surface area contributed by atoms with Gasteiger partial charge in [-0.2, -0.15) is 26.3 Å². The molecule has 0 spiro atoms. The lowest BCUT2D eigenvalue weighted by Crippen LogP contribution is -2.47. The van der Waals surface area contributed by atoms with Crippen molar-refractivity contribution in [1.82, 2.24) is 14.4 Å². The number of halogens is 6. The zero-order valence-corrected chi connectivity index (χ0v) is 20.5.